The molecule has 20 heavy (non-hydrogen) atoms. The number of hydrazine groups is 1. The summed E-state index contributed by atoms with van der Waals surface area (Å²) < 4.78 is 0. The van der Waals surface area contributed by atoms with Crippen molar-refractivity contribution in [1.29, 1.82) is 0 Å². The van der Waals surface area contributed by atoms with Crippen LogP contribution in [-0.4, -0.2) is 24.0 Å². The number of benzene rings is 1. The Morgan fingerprint density at radius 1 is 1.15 bits per heavy atom. The van der Waals surface area contributed by atoms with Crippen molar-refractivity contribution in [1.82, 2.24) is 16.2 Å². The second-order valence-corrected chi connectivity index (χ2v) is 4.40. The lowest BCUT2D eigenvalue weighted by molar-refractivity contribution is -0.127. The number of carbonyl (C=O) groups excluding carboxylic acids is 2. The normalized spacial score (nSPS) is 9.50. The summed E-state index contributed by atoms with van der Waals surface area (Å²) in [6.07, 6.45) is 0.526. The molecule has 1 rings (SSSR count). The molecule has 0 spiro atoms. The second-order valence-electron chi connectivity index (χ2n) is 3.99. The summed E-state index contributed by atoms with van der Waals surface area (Å²) in [7, 11) is 1.62. The third-order valence-electron chi connectivity index (χ3n) is 2.54. The van der Waals surface area contributed by atoms with Gasteiger partial charge >= 0.3 is 0 Å². The lowest BCUT2D eigenvalue weighted by atomic mass is 10.1. The Balaban J connectivity index is 2.47. The van der Waals surface area contributed by atoms with Gasteiger partial charge in [0, 0.05) is 12.7 Å². The van der Waals surface area contributed by atoms with E-state index in [0.29, 0.717) is 0 Å². The van der Waals surface area contributed by atoms with E-state index in [-0.39, 0.29) is 17.4 Å². The first-order valence-electron chi connectivity index (χ1n) is 6.21. The molecule has 0 aliphatic carbocycles. The Kier molecular flexibility index (Phi) is 6.45. The standard InChI is InChI=1S/C13H18N4O2S/c1-3-9-6-4-5-7-10(9)15-11(18)8-12(19)16-17-13(20)14-2/h4-7H,3,8H2,1-2H3,(H,15,18)(H,16,19)(H2,14,17,20). The quantitative estimate of drug-likeness (QED) is 0.373. The molecule has 0 saturated heterocycles. The molecule has 0 atom stereocenters. The summed E-state index contributed by atoms with van der Waals surface area (Å²) in [5.41, 5.74) is 6.54. The Bertz CT molecular complexity index is 505. The SMILES string of the molecule is CCc1ccccc1NC(=O)CC(=O)NNC(=S)NC. The molecule has 0 saturated carbocycles. The van der Waals surface area contributed by atoms with E-state index in [1.165, 1.54) is 0 Å². The average Bonchev–Trinajstić information content (AvgIpc) is 2.45. The van der Waals surface area contributed by atoms with Gasteiger partial charge in [0.25, 0.3) is 0 Å². The Morgan fingerprint density at radius 2 is 1.85 bits per heavy atom. The summed E-state index contributed by atoms with van der Waals surface area (Å²) in [5, 5.41) is 5.62. The highest BCUT2D eigenvalue weighted by Gasteiger charge is 2.11. The molecule has 0 aliphatic heterocycles. The Morgan fingerprint density at radius 3 is 2.50 bits per heavy atom. The minimum absolute atomic E-state index is 0.273. The van der Waals surface area contributed by atoms with Crippen molar-refractivity contribution in [2.45, 2.75) is 19.8 Å². The molecule has 0 aromatic heterocycles. The number of nitrogens with one attached hydrogen (secondary N) is 4. The molecule has 7 heteroatoms. The van der Waals surface area contributed by atoms with Crippen LogP contribution in [-0.2, 0) is 16.0 Å². The molecule has 0 aliphatic rings. The molecule has 2 amide bonds. The fourth-order valence-electron chi connectivity index (χ4n) is 1.52. The molecule has 6 nitrogen and oxygen atoms in total. The fourth-order valence-corrected chi connectivity index (χ4v) is 1.57. The van der Waals surface area contributed by atoms with Gasteiger partial charge in [0.15, 0.2) is 5.11 Å². The number of hydrogen-bond acceptors (Lipinski definition) is 3. The Labute approximate surface area is 123 Å². The predicted molar refractivity (Wildman–Crippen MR) is 82.0 cm³/mol. The first kappa shape index (κ1) is 15.9. The van der Waals surface area contributed by atoms with Gasteiger partial charge in [-0.2, -0.15) is 0 Å². The first-order chi connectivity index (χ1) is 9.56. The minimum atomic E-state index is -0.464. The molecule has 0 radical (unpaired) electrons. The molecule has 0 heterocycles. The summed E-state index contributed by atoms with van der Waals surface area (Å²) in [6.45, 7) is 2.00. The molecule has 108 valence electrons. The minimum Gasteiger partial charge on any atom is -0.364 e. The maximum atomic E-state index is 11.8. The van der Waals surface area contributed by atoms with Gasteiger partial charge in [-0.1, -0.05) is 25.1 Å². The van der Waals surface area contributed by atoms with Crippen molar-refractivity contribution in [2.75, 3.05) is 12.4 Å². The van der Waals surface area contributed by atoms with E-state index in [4.69, 9.17) is 12.2 Å². The van der Waals surface area contributed by atoms with Crippen LogP contribution in [0.1, 0.15) is 18.9 Å². The van der Waals surface area contributed by atoms with Crippen LogP contribution in [0.5, 0.6) is 0 Å². The fraction of sp³-hybridized carbons (Fsp3) is 0.308. The van der Waals surface area contributed by atoms with Crippen LogP contribution in [0.2, 0.25) is 0 Å². The number of thiocarbonyl (C=S) groups is 1. The number of hydrogen-bond donors (Lipinski definition) is 4. The molecule has 1 aromatic carbocycles. The lowest BCUT2D eigenvalue weighted by Crippen LogP contribution is -2.46. The third-order valence-corrected chi connectivity index (χ3v) is 2.84. The van der Waals surface area contributed by atoms with Gasteiger partial charge in [0.1, 0.15) is 6.42 Å². The first-order valence-corrected chi connectivity index (χ1v) is 6.62. The van der Waals surface area contributed by atoms with Gasteiger partial charge in [0.2, 0.25) is 11.8 Å². The van der Waals surface area contributed by atoms with E-state index >= 15 is 0 Å². The number of rotatable bonds is 4. The van der Waals surface area contributed by atoms with Crippen LogP contribution in [0.3, 0.4) is 0 Å². The van der Waals surface area contributed by atoms with E-state index in [0.717, 1.165) is 17.7 Å². The van der Waals surface area contributed by atoms with Gasteiger partial charge in [-0.3, -0.25) is 20.4 Å². The highest BCUT2D eigenvalue weighted by molar-refractivity contribution is 7.80. The summed E-state index contributed by atoms with van der Waals surface area (Å²) in [4.78, 5) is 23.3. The van der Waals surface area contributed by atoms with Crippen molar-refractivity contribution in [2.24, 2.45) is 0 Å². The molecule has 0 unspecified atom stereocenters. The van der Waals surface area contributed by atoms with Crippen LogP contribution in [0.15, 0.2) is 24.3 Å². The number of para-hydroxylation sites is 1. The average molecular weight is 294 g/mol. The van der Waals surface area contributed by atoms with E-state index < -0.39 is 5.91 Å². The Hall–Kier alpha value is -2.15. The number of anilines is 1. The summed E-state index contributed by atoms with van der Waals surface area (Å²) >= 11 is 4.79. The maximum Gasteiger partial charge on any atom is 0.247 e. The van der Waals surface area contributed by atoms with E-state index in [2.05, 4.69) is 21.5 Å². The molecular weight excluding hydrogens is 276 g/mol. The zero-order valence-corrected chi connectivity index (χ0v) is 12.3. The van der Waals surface area contributed by atoms with E-state index in [1.807, 2.05) is 31.2 Å². The molecule has 0 bridgehead atoms. The lowest BCUT2D eigenvalue weighted by Gasteiger charge is -2.11. The number of amides is 2. The predicted octanol–water partition coefficient (Wildman–Crippen LogP) is 0.703. The van der Waals surface area contributed by atoms with Crippen molar-refractivity contribution >= 4 is 34.8 Å². The van der Waals surface area contributed by atoms with Gasteiger partial charge in [0.05, 0.1) is 0 Å². The van der Waals surface area contributed by atoms with Crippen LogP contribution in [0, 0.1) is 0 Å². The molecule has 0 fully saturated rings. The number of carbonyl (C=O) groups is 2. The van der Waals surface area contributed by atoms with Gasteiger partial charge in [-0.05, 0) is 30.3 Å². The van der Waals surface area contributed by atoms with Crippen molar-refractivity contribution in [3.8, 4) is 0 Å². The highest BCUT2D eigenvalue weighted by Crippen LogP contribution is 2.15. The highest BCUT2D eigenvalue weighted by atomic mass is 32.1. The van der Waals surface area contributed by atoms with Crippen LogP contribution >= 0.6 is 12.2 Å². The molecule has 1 aromatic rings. The second kappa shape index (κ2) is 8.11. The monoisotopic (exact) mass is 294 g/mol. The summed E-state index contributed by atoms with van der Waals surface area (Å²) in [6, 6.07) is 7.48. The van der Waals surface area contributed by atoms with E-state index in [9.17, 15) is 9.59 Å². The van der Waals surface area contributed by atoms with Crippen LogP contribution in [0.25, 0.3) is 0 Å². The van der Waals surface area contributed by atoms with Gasteiger partial charge in [-0.25, -0.2) is 0 Å². The van der Waals surface area contributed by atoms with E-state index in [1.54, 1.807) is 7.05 Å². The van der Waals surface area contributed by atoms with Gasteiger partial charge in [-0.15, -0.1) is 0 Å². The van der Waals surface area contributed by atoms with Crippen LogP contribution in [0.4, 0.5) is 5.69 Å². The zero-order valence-electron chi connectivity index (χ0n) is 11.4. The van der Waals surface area contributed by atoms with Crippen LogP contribution < -0.4 is 21.5 Å². The maximum absolute atomic E-state index is 11.8. The van der Waals surface area contributed by atoms with Crippen molar-refractivity contribution in [3.63, 3.8) is 0 Å². The zero-order chi connectivity index (χ0) is 15.0. The van der Waals surface area contributed by atoms with Crippen molar-refractivity contribution in [3.05, 3.63) is 29.8 Å². The smallest absolute Gasteiger partial charge is 0.247 e. The molecule has 4 N–H and O–H groups in total. The largest absolute Gasteiger partial charge is 0.364 e. The number of aryl methyl sites for hydroxylation is 1. The van der Waals surface area contributed by atoms with Gasteiger partial charge < -0.3 is 10.6 Å². The molecular formula is C13H18N4O2S. The third kappa shape index (κ3) is 5.23. The topological polar surface area (TPSA) is 82.3 Å². The summed E-state index contributed by atoms with van der Waals surface area (Å²) in [5.74, 6) is -0.838. The van der Waals surface area contributed by atoms with Crippen molar-refractivity contribution < 1.29 is 9.59 Å².